The van der Waals surface area contributed by atoms with Crippen LogP contribution in [-0.2, 0) is 4.84 Å². The van der Waals surface area contributed by atoms with Crippen LogP contribution in [-0.4, -0.2) is 35.1 Å². The molecular formula is C20H30N4O. The van der Waals surface area contributed by atoms with Crippen LogP contribution in [0.1, 0.15) is 49.9 Å². The average molecular weight is 342 g/mol. The van der Waals surface area contributed by atoms with Crippen LogP contribution in [0.3, 0.4) is 0 Å². The number of pyridine rings is 1. The number of piperidine rings is 1. The van der Waals surface area contributed by atoms with Gasteiger partial charge >= 0.3 is 0 Å². The third-order valence-electron chi connectivity index (χ3n) is 5.45. The van der Waals surface area contributed by atoms with Crippen molar-refractivity contribution in [1.82, 2.24) is 15.2 Å². The molecule has 3 atom stereocenters. The van der Waals surface area contributed by atoms with Gasteiger partial charge in [-0.1, -0.05) is 12.1 Å². The van der Waals surface area contributed by atoms with Gasteiger partial charge in [0.15, 0.2) is 0 Å². The van der Waals surface area contributed by atoms with Crippen molar-refractivity contribution in [3.05, 3.63) is 53.5 Å². The van der Waals surface area contributed by atoms with Crippen molar-refractivity contribution in [3.8, 4) is 0 Å². The molecule has 0 bridgehead atoms. The van der Waals surface area contributed by atoms with Gasteiger partial charge in [0.05, 0.1) is 24.4 Å². The third kappa shape index (κ3) is 4.11. The lowest BCUT2D eigenvalue weighted by molar-refractivity contribution is 0.0492. The molecular weight excluding hydrogens is 312 g/mol. The normalized spacial score (nSPS) is 27.0. The van der Waals surface area contributed by atoms with Gasteiger partial charge in [0, 0.05) is 18.8 Å². The number of aryl methyl sites for hydroxylation is 1. The van der Waals surface area contributed by atoms with Crippen LogP contribution in [0.4, 0.5) is 0 Å². The summed E-state index contributed by atoms with van der Waals surface area (Å²) in [6, 6.07) is 5.36. The van der Waals surface area contributed by atoms with Crippen LogP contribution in [0.2, 0.25) is 0 Å². The number of likely N-dealkylation sites (tertiary alicyclic amines) is 1. The monoisotopic (exact) mass is 342 g/mol. The minimum atomic E-state index is 0.357. The Morgan fingerprint density at radius 2 is 2.24 bits per heavy atom. The molecule has 0 amide bonds. The zero-order chi connectivity index (χ0) is 17.6. The van der Waals surface area contributed by atoms with E-state index in [0.717, 1.165) is 19.4 Å². The highest BCUT2D eigenvalue weighted by Crippen LogP contribution is 2.37. The average Bonchev–Trinajstić information content (AvgIpc) is 2.63. The first-order chi connectivity index (χ1) is 12.2. The number of dihydropyridines is 1. The van der Waals surface area contributed by atoms with Crippen LogP contribution in [0.15, 0.2) is 42.3 Å². The SMILES string of the molecule is CC1=CC=CNC1C1CCCC(c2ncccc2C)N1CCCON. The Morgan fingerprint density at radius 3 is 3.00 bits per heavy atom. The van der Waals surface area contributed by atoms with Crippen LogP contribution in [0.25, 0.3) is 0 Å². The Hall–Kier alpha value is -1.69. The van der Waals surface area contributed by atoms with E-state index >= 15 is 0 Å². The molecule has 1 aromatic heterocycles. The number of allylic oxidation sites excluding steroid dienone is 2. The quantitative estimate of drug-likeness (QED) is 0.615. The second kappa shape index (κ2) is 8.61. The van der Waals surface area contributed by atoms with E-state index in [9.17, 15) is 0 Å². The minimum Gasteiger partial charge on any atom is -0.383 e. The summed E-state index contributed by atoms with van der Waals surface area (Å²) in [5, 5.41) is 3.58. The molecule has 0 aromatic carbocycles. The van der Waals surface area contributed by atoms with Crippen molar-refractivity contribution in [2.75, 3.05) is 13.2 Å². The third-order valence-corrected chi connectivity index (χ3v) is 5.45. The molecule has 5 heteroatoms. The van der Waals surface area contributed by atoms with Crippen LogP contribution >= 0.6 is 0 Å². The van der Waals surface area contributed by atoms with E-state index in [1.54, 1.807) is 0 Å². The molecule has 1 aromatic rings. The maximum Gasteiger partial charge on any atom is 0.0691 e. The molecule has 1 saturated heterocycles. The second-order valence-corrected chi connectivity index (χ2v) is 7.10. The number of hydrogen-bond donors (Lipinski definition) is 2. The van der Waals surface area contributed by atoms with Crippen LogP contribution in [0.5, 0.6) is 0 Å². The van der Waals surface area contributed by atoms with Crippen LogP contribution < -0.4 is 11.2 Å². The Labute approximate surface area is 150 Å². The summed E-state index contributed by atoms with van der Waals surface area (Å²) in [6.45, 7) is 5.94. The van der Waals surface area contributed by atoms with Crippen molar-refractivity contribution in [3.63, 3.8) is 0 Å². The maximum absolute atomic E-state index is 5.25. The highest BCUT2D eigenvalue weighted by molar-refractivity contribution is 5.26. The molecule has 0 radical (unpaired) electrons. The Morgan fingerprint density at radius 1 is 1.36 bits per heavy atom. The minimum absolute atomic E-state index is 0.357. The number of hydrogen-bond acceptors (Lipinski definition) is 5. The van der Waals surface area contributed by atoms with E-state index in [-0.39, 0.29) is 0 Å². The lowest BCUT2D eigenvalue weighted by Crippen LogP contribution is -2.53. The molecule has 1 fully saturated rings. The summed E-state index contributed by atoms with van der Waals surface area (Å²) in [6.07, 6.45) is 12.8. The van der Waals surface area contributed by atoms with Gasteiger partial charge in [-0.05, 0) is 69.0 Å². The zero-order valence-electron chi connectivity index (χ0n) is 15.3. The fourth-order valence-electron chi connectivity index (χ4n) is 4.24. The summed E-state index contributed by atoms with van der Waals surface area (Å²) >= 11 is 0. The van der Waals surface area contributed by atoms with Gasteiger partial charge in [-0.2, -0.15) is 0 Å². The van der Waals surface area contributed by atoms with Gasteiger partial charge in [-0.3, -0.25) is 9.88 Å². The van der Waals surface area contributed by atoms with Gasteiger partial charge in [0.1, 0.15) is 0 Å². The van der Waals surface area contributed by atoms with Gasteiger partial charge < -0.3 is 10.2 Å². The van der Waals surface area contributed by atoms with Crippen molar-refractivity contribution in [2.24, 2.45) is 5.90 Å². The lowest BCUT2D eigenvalue weighted by atomic mass is 9.85. The fraction of sp³-hybridized carbons (Fsp3) is 0.550. The second-order valence-electron chi connectivity index (χ2n) is 7.10. The largest absolute Gasteiger partial charge is 0.383 e. The first-order valence-electron chi connectivity index (χ1n) is 9.30. The Kier molecular flexibility index (Phi) is 6.24. The van der Waals surface area contributed by atoms with Crippen molar-refractivity contribution >= 4 is 0 Å². The fourth-order valence-corrected chi connectivity index (χ4v) is 4.24. The Balaban J connectivity index is 1.87. The van der Waals surface area contributed by atoms with Gasteiger partial charge in [0.2, 0.25) is 0 Å². The molecule has 0 spiro atoms. The van der Waals surface area contributed by atoms with Gasteiger partial charge in [0.25, 0.3) is 0 Å². The zero-order valence-corrected chi connectivity index (χ0v) is 15.3. The van der Waals surface area contributed by atoms with E-state index in [1.165, 1.54) is 29.7 Å². The number of rotatable bonds is 6. The van der Waals surface area contributed by atoms with E-state index in [1.807, 2.05) is 12.3 Å². The number of aromatic nitrogens is 1. The standard InChI is InChI=1S/C20H30N4O/c1-15-7-4-11-22-19(15)17-9-3-10-18(24(17)13-6-14-25-21)20-16(2)8-5-12-23-20/h4-5,7-8,11-12,17-19,22H,3,6,9-10,13-14,21H2,1-2H3. The predicted octanol–water partition coefficient (Wildman–Crippen LogP) is 3.00. The van der Waals surface area contributed by atoms with E-state index in [2.05, 4.69) is 48.5 Å². The van der Waals surface area contributed by atoms with Gasteiger partial charge in [-0.25, -0.2) is 5.90 Å². The summed E-state index contributed by atoms with van der Waals surface area (Å²) < 4.78 is 0. The summed E-state index contributed by atoms with van der Waals surface area (Å²) in [5.74, 6) is 5.25. The van der Waals surface area contributed by atoms with Crippen molar-refractivity contribution in [1.29, 1.82) is 0 Å². The molecule has 0 saturated carbocycles. The molecule has 25 heavy (non-hydrogen) atoms. The molecule has 2 aliphatic heterocycles. The molecule has 3 heterocycles. The van der Waals surface area contributed by atoms with E-state index < -0.39 is 0 Å². The molecule has 3 rings (SSSR count). The maximum atomic E-state index is 5.25. The number of nitrogens with two attached hydrogens (primary N) is 1. The van der Waals surface area contributed by atoms with Crippen molar-refractivity contribution in [2.45, 2.75) is 57.7 Å². The lowest BCUT2D eigenvalue weighted by Gasteiger charge is -2.46. The number of nitrogens with zero attached hydrogens (tertiary/aromatic N) is 2. The first-order valence-corrected chi connectivity index (χ1v) is 9.30. The van der Waals surface area contributed by atoms with E-state index in [0.29, 0.717) is 24.7 Å². The van der Waals surface area contributed by atoms with Gasteiger partial charge in [-0.15, -0.1) is 0 Å². The topological polar surface area (TPSA) is 63.4 Å². The highest BCUT2D eigenvalue weighted by atomic mass is 16.6. The predicted molar refractivity (Wildman–Crippen MR) is 101 cm³/mol. The molecule has 2 aliphatic rings. The molecule has 136 valence electrons. The first kappa shape index (κ1) is 18.1. The van der Waals surface area contributed by atoms with Crippen LogP contribution in [0, 0.1) is 6.92 Å². The molecule has 0 aliphatic carbocycles. The summed E-state index contributed by atoms with van der Waals surface area (Å²) in [7, 11) is 0. The Bertz CT molecular complexity index is 628. The summed E-state index contributed by atoms with van der Waals surface area (Å²) in [4.78, 5) is 12.2. The molecule has 5 nitrogen and oxygen atoms in total. The van der Waals surface area contributed by atoms with Crippen molar-refractivity contribution < 1.29 is 4.84 Å². The molecule has 3 unspecified atom stereocenters. The highest BCUT2D eigenvalue weighted by Gasteiger charge is 2.37. The van der Waals surface area contributed by atoms with E-state index in [4.69, 9.17) is 15.7 Å². The summed E-state index contributed by atoms with van der Waals surface area (Å²) in [5.41, 5.74) is 3.89. The smallest absolute Gasteiger partial charge is 0.0691 e. The molecule has 3 N–H and O–H groups in total. The number of nitrogens with one attached hydrogen (secondary N) is 1.